The van der Waals surface area contributed by atoms with Gasteiger partial charge in [-0.1, -0.05) is 32.0 Å². The van der Waals surface area contributed by atoms with Crippen LogP contribution in [0.1, 0.15) is 64.9 Å². The number of likely N-dealkylation sites (N-methyl/N-ethyl adjacent to an activating group) is 1. The second-order valence-electron chi connectivity index (χ2n) is 11.5. The van der Waals surface area contributed by atoms with Crippen LogP contribution >= 0.6 is 0 Å². The number of esters is 1. The minimum Gasteiger partial charge on any atom is -0.457 e. The van der Waals surface area contributed by atoms with Gasteiger partial charge >= 0.3 is 5.97 Å². The van der Waals surface area contributed by atoms with Crippen molar-refractivity contribution in [3.63, 3.8) is 0 Å². The number of ketones is 1. The van der Waals surface area contributed by atoms with Crippen LogP contribution in [0.3, 0.4) is 0 Å². The number of anilines is 1. The van der Waals surface area contributed by atoms with Crippen LogP contribution in [0.15, 0.2) is 36.0 Å². The molecule has 1 N–H and O–H groups in total. The number of carbonyl (C=O) groups excluding carboxylic acids is 3. The van der Waals surface area contributed by atoms with E-state index in [-0.39, 0.29) is 35.2 Å². The molecule has 5 aliphatic rings. The first kappa shape index (κ1) is 22.2. The Labute approximate surface area is 195 Å². The first-order valence-corrected chi connectivity index (χ1v) is 12.1. The van der Waals surface area contributed by atoms with E-state index in [1.165, 1.54) is 5.56 Å². The monoisotopic (exact) mass is 450 g/mol. The SMILES string of the molecule is CC(=O)NC12CC3CC(C1)CC(C(=O)OCC(=O)/C=C1\N(C)c4ccccc4C1(C)C)(C3)C2. The number of amides is 1. The normalized spacial score (nSPS) is 34.3. The number of allylic oxidation sites excluding steroid dienone is 1. The Kier molecular flexibility index (Phi) is 5.00. The predicted molar refractivity (Wildman–Crippen MR) is 126 cm³/mol. The zero-order valence-corrected chi connectivity index (χ0v) is 20.1. The third-order valence-corrected chi connectivity index (χ3v) is 8.52. The van der Waals surface area contributed by atoms with E-state index in [0.717, 1.165) is 43.5 Å². The largest absolute Gasteiger partial charge is 0.457 e. The fraction of sp³-hybridized carbons (Fsp3) is 0.593. The molecule has 1 aromatic rings. The van der Waals surface area contributed by atoms with Crippen LogP contribution in [0.25, 0.3) is 0 Å². The topological polar surface area (TPSA) is 75.7 Å². The highest BCUT2D eigenvalue weighted by atomic mass is 16.5. The highest BCUT2D eigenvalue weighted by Crippen LogP contribution is 2.62. The van der Waals surface area contributed by atoms with E-state index < -0.39 is 5.41 Å². The molecule has 4 fully saturated rings. The number of hydrogen-bond donors (Lipinski definition) is 1. The fourth-order valence-electron chi connectivity index (χ4n) is 7.76. The summed E-state index contributed by atoms with van der Waals surface area (Å²) in [6.07, 6.45) is 6.91. The fourth-order valence-corrected chi connectivity index (χ4v) is 7.76. The van der Waals surface area contributed by atoms with Crippen molar-refractivity contribution in [3.05, 3.63) is 41.6 Å². The first-order valence-electron chi connectivity index (χ1n) is 12.1. The number of nitrogens with zero attached hydrogens (tertiary/aromatic N) is 1. The average Bonchev–Trinajstić information content (AvgIpc) is 2.91. The summed E-state index contributed by atoms with van der Waals surface area (Å²) in [5.41, 5.74) is 2.03. The molecule has 6 rings (SSSR count). The second kappa shape index (κ2) is 7.44. The van der Waals surface area contributed by atoms with Crippen molar-refractivity contribution in [1.82, 2.24) is 5.32 Å². The van der Waals surface area contributed by atoms with Gasteiger partial charge in [0.05, 0.1) is 5.41 Å². The van der Waals surface area contributed by atoms with Crippen molar-refractivity contribution in [2.45, 2.75) is 70.3 Å². The van der Waals surface area contributed by atoms with E-state index in [2.05, 4.69) is 31.3 Å². The van der Waals surface area contributed by atoms with Crippen LogP contribution in [-0.4, -0.2) is 36.9 Å². The molecule has 4 saturated carbocycles. The highest BCUT2D eigenvalue weighted by Gasteiger charge is 2.61. The minimum atomic E-state index is -0.570. The van der Waals surface area contributed by atoms with E-state index in [4.69, 9.17) is 4.74 Å². The summed E-state index contributed by atoms with van der Waals surface area (Å²) < 4.78 is 5.67. The molecule has 4 bridgehead atoms. The maximum absolute atomic E-state index is 13.3. The Hall–Kier alpha value is -2.63. The second-order valence-corrected chi connectivity index (χ2v) is 11.5. The van der Waals surface area contributed by atoms with Gasteiger partial charge in [-0.25, -0.2) is 0 Å². The molecule has 0 aromatic heterocycles. The Balaban J connectivity index is 1.29. The van der Waals surface area contributed by atoms with Crippen LogP contribution < -0.4 is 10.2 Å². The van der Waals surface area contributed by atoms with Crippen molar-refractivity contribution >= 4 is 23.3 Å². The van der Waals surface area contributed by atoms with Gasteiger partial charge in [-0.15, -0.1) is 0 Å². The smallest absolute Gasteiger partial charge is 0.312 e. The Morgan fingerprint density at radius 1 is 1.12 bits per heavy atom. The quantitative estimate of drug-likeness (QED) is 0.544. The molecule has 2 unspecified atom stereocenters. The molecule has 0 spiro atoms. The molecule has 1 amide bonds. The molecule has 4 aliphatic carbocycles. The van der Waals surface area contributed by atoms with Gasteiger partial charge in [0.2, 0.25) is 5.91 Å². The third kappa shape index (κ3) is 3.58. The lowest BCUT2D eigenvalue weighted by Crippen LogP contribution is -2.64. The molecule has 1 aromatic carbocycles. The predicted octanol–water partition coefficient (Wildman–Crippen LogP) is 3.89. The summed E-state index contributed by atoms with van der Waals surface area (Å²) in [5.74, 6) is 0.379. The zero-order chi connectivity index (χ0) is 23.6. The van der Waals surface area contributed by atoms with Gasteiger partial charge in [0.15, 0.2) is 12.4 Å². The Bertz CT molecular complexity index is 1040. The number of fused-ring (bicyclic) bond motifs is 1. The molecule has 6 nitrogen and oxygen atoms in total. The van der Waals surface area contributed by atoms with E-state index in [0.29, 0.717) is 18.3 Å². The van der Waals surface area contributed by atoms with Crippen LogP contribution in [0, 0.1) is 17.3 Å². The summed E-state index contributed by atoms with van der Waals surface area (Å²) >= 11 is 0. The molecule has 2 atom stereocenters. The summed E-state index contributed by atoms with van der Waals surface area (Å²) in [6, 6.07) is 8.16. The number of ether oxygens (including phenoxy) is 1. The van der Waals surface area contributed by atoms with Crippen molar-refractivity contribution in [2.24, 2.45) is 17.3 Å². The van der Waals surface area contributed by atoms with E-state index >= 15 is 0 Å². The number of carbonyl (C=O) groups is 3. The summed E-state index contributed by atoms with van der Waals surface area (Å²) in [5, 5.41) is 3.17. The molecule has 1 heterocycles. The molecule has 33 heavy (non-hydrogen) atoms. The number of benzene rings is 1. The molecule has 176 valence electrons. The lowest BCUT2D eigenvalue weighted by Gasteiger charge is -2.60. The lowest BCUT2D eigenvalue weighted by atomic mass is 9.47. The van der Waals surface area contributed by atoms with Crippen LogP contribution in [-0.2, 0) is 24.5 Å². The summed E-state index contributed by atoms with van der Waals surface area (Å²) in [4.78, 5) is 40.1. The number of rotatable bonds is 5. The van der Waals surface area contributed by atoms with Gasteiger partial charge in [-0.05, 0) is 62.0 Å². The van der Waals surface area contributed by atoms with Gasteiger partial charge < -0.3 is 15.0 Å². The maximum atomic E-state index is 13.3. The molecule has 6 heteroatoms. The average molecular weight is 451 g/mol. The third-order valence-electron chi connectivity index (χ3n) is 8.52. The van der Waals surface area contributed by atoms with Crippen LogP contribution in [0.5, 0.6) is 0 Å². The van der Waals surface area contributed by atoms with Gasteiger partial charge in [-0.2, -0.15) is 0 Å². The molecular formula is C27H34N2O4. The maximum Gasteiger partial charge on any atom is 0.312 e. The number of nitrogens with one attached hydrogen (secondary N) is 1. The van der Waals surface area contributed by atoms with Gasteiger partial charge in [0, 0.05) is 42.4 Å². The van der Waals surface area contributed by atoms with Crippen molar-refractivity contribution in [2.75, 3.05) is 18.6 Å². The van der Waals surface area contributed by atoms with Gasteiger partial charge in [0.1, 0.15) is 0 Å². The Morgan fingerprint density at radius 3 is 2.42 bits per heavy atom. The van der Waals surface area contributed by atoms with Gasteiger partial charge in [0.25, 0.3) is 0 Å². The van der Waals surface area contributed by atoms with E-state index in [9.17, 15) is 14.4 Å². The van der Waals surface area contributed by atoms with E-state index in [1.807, 2.05) is 24.1 Å². The summed E-state index contributed by atoms with van der Waals surface area (Å²) in [7, 11) is 1.97. The number of para-hydroxylation sites is 1. The van der Waals surface area contributed by atoms with Crippen molar-refractivity contribution in [3.8, 4) is 0 Å². The first-order chi connectivity index (χ1) is 15.5. The molecule has 0 radical (unpaired) electrons. The van der Waals surface area contributed by atoms with Crippen molar-refractivity contribution in [1.29, 1.82) is 0 Å². The number of hydrogen-bond acceptors (Lipinski definition) is 5. The summed E-state index contributed by atoms with van der Waals surface area (Å²) in [6.45, 7) is 5.52. The van der Waals surface area contributed by atoms with Crippen molar-refractivity contribution < 1.29 is 19.1 Å². The minimum absolute atomic E-state index is 0.0356. The van der Waals surface area contributed by atoms with E-state index in [1.54, 1.807) is 13.0 Å². The van der Waals surface area contributed by atoms with Crippen LogP contribution in [0.4, 0.5) is 5.69 Å². The standard InChI is InChI=1S/C27H34N2O4/c1-17(30)28-27-13-18-9-19(14-27)12-26(11-18,16-27)24(32)33-15-20(31)10-23-25(2,3)21-7-5-6-8-22(21)29(23)4/h5-8,10,18-19H,9,11-16H2,1-4H3,(H,28,30)/b23-10-. The lowest BCUT2D eigenvalue weighted by molar-refractivity contribution is -0.176. The Morgan fingerprint density at radius 2 is 1.79 bits per heavy atom. The van der Waals surface area contributed by atoms with Gasteiger partial charge in [-0.3, -0.25) is 14.4 Å². The highest BCUT2D eigenvalue weighted by molar-refractivity contribution is 5.95. The molecule has 1 aliphatic heterocycles. The zero-order valence-electron chi connectivity index (χ0n) is 20.1. The molecule has 0 saturated heterocycles. The van der Waals surface area contributed by atoms with Crippen LogP contribution in [0.2, 0.25) is 0 Å². The molecular weight excluding hydrogens is 416 g/mol.